The van der Waals surface area contributed by atoms with Crippen LogP contribution in [0.1, 0.15) is 17.3 Å². The molecule has 0 aromatic heterocycles. The lowest BCUT2D eigenvalue weighted by atomic mass is 10.2. The molecule has 0 aliphatic heterocycles. The van der Waals surface area contributed by atoms with Gasteiger partial charge < -0.3 is 19.5 Å². The Morgan fingerprint density at radius 3 is 2.52 bits per heavy atom. The Morgan fingerprint density at radius 1 is 1.04 bits per heavy atom. The number of hydrogen-bond acceptors (Lipinski definition) is 4. The molecular weight excluding hydrogens is 294 g/mol. The van der Waals surface area contributed by atoms with Gasteiger partial charge in [0, 0.05) is 6.07 Å². The van der Waals surface area contributed by atoms with E-state index in [1.807, 2.05) is 37.3 Å². The molecule has 23 heavy (non-hydrogen) atoms. The summed E-state index contributed by atoms with van der Waals surface area (Å²) in [6.45, 7) is 3.31. The van der Waals surface area contributed by atoms with Gasteiger partial charge in [-0.1, -0.05) is 18.2 Å². The lowest BCUT2D eigenvalue weighted by Crippen LogP contribution is -2.28. The Morgan fingerprint density at radius 2 is 1.78 bits per heavy atom. The summed E-state index contributed by atoms with van der Waals surface area (Å²) in [6, 6.07) is 14.5. The minimum absolute atomic E-state index is 0.186. The van der Waals surface area contributed by atoms with Gasteiger partial charge in [-0.15, -0.1) is 0 Å². The molecular formula is C18H21NO4. The van der Waals surface area contributed by atoms with Crippen LogP contribution in [-0.2, 0) is 0 Å². The molecule has 0 bridgehead atoms. The number of carbonyl (C=O) groups excluding carboxylic acids is 1. The number of benzene rings is 2. The van der Waals surface area contributed by atoms with Crippen LogP contribution in [0.4, 0.5) is 0 Å². The molecule has 5 heteroatoms. The molecule has 122 valence electrons. The number of hydrogen-bond donors (Lipinski definition) is 1. The Hall–Kier alpha value is -2.69. The summed E-state index contributed by atoms with van der Waals surface area (Å²) in [5.41, 5.74) is 0.508. The van der Waals surface area contributed by atoms with Crippen LogP contribution in [0.2, 0.25) is 0 Å². The summed E-state index contributed by atoms with van der Waals surface area (Å²) in [6.07, 6.45) is 0. The van der Waals surface area contributed by atoms with Crippen molar-refractivity contribution < 1.29 is 19.0 Å². The molecule has 0 fully saturated rings. The summed E-state index contributed by atoms with van der Waals surface area (Å²) in [5, 5.41) is 2.81. The number of carbonyl (C=O) groups is 1. The van der Waals surface area contributed by atoms with Gasteiger partial charge in [-0.3, -0.25) is 4.79 Å². The number of ether oxygens (including phenoxy) is 3. The number of rotatable bonds is 8. The average Bonchev–Trinajstić information content (AvgIpc) is 2.59. The highest BCUT2D eigenvalue weighted by Gasteiger charge is 2.10. The first-order valence-corrected chi connectivity index (χ1v) is 7.51. The second-order valence-electron chi connectivity index (χ2n) is 4.71. The minimum atomic E-state index is -0.186. The molecule has 0 aliphatic rings. The fourth-order valence-electron chi connectivity index (χ4n) is 2.08. The quantitative estimate of drug-likeness (QED) is 0.761. The van der Waals surface area contributed by atoms with Crippen molar-refractivity contribution in [2.45, 2.75) is 6.92 Å². The molecule has 0 unspecified atom stereocenters. The minimum Gasteiger partial charge on any atom is -0.496 e. The molecule has 5 nitrogen and oxygen atoms in total. The monoisotopic (exact) mass is 315 g/mol. The first-order valence-electron chi connectivity index (χ1n) is 7.51. The molecule has 0 saturated heterocycles. The number of para-hydroxylation sites is 1. The topological polar surface area (TPSA) is 56.8 Å². The Bertz CT molecular complexity index is 642. The highest BCUT2D eigenvalue weighted by Crippen LogP contribution is 2.19. The predicted octanol–water partition coefficient (Wildman–Crippen LogP) is 2.90. The summed E-state index contributed by atoms with van der Waals surface area (Å²) in [7, 11) is 1.54. The Kier molecular flexibility index (Phi) is 6.29. The summed E-state index contributed by atoms with van der Waals surface area (Å²) < 4.78 is 16.2. The van der Waals surface area contributed by atoms with E-state index in [0.717, 1.165) is 5.75 Å². The molecule has 2 aromatic rings. The van der Waals surface area contributed by atoms with Gasteiger partial charge in [0.15, 0.2) is 0 Å². The van der Waals surface area contributed by atoms with E-state index >= 15 is 0 Å². The normalized spacial score (nSPS) is 10.0. The van der Waals surface area contributed by atoms with Crippen molar-refractivity contribution in [1.29, 1.82) is 0 Å². The van der Waals surface area contributed by atoms with Crippen LogP contribution in [0, 0.1) is 0 Å². The molecule has 0 spiro atoms. The van der Waals surface area contributed by atoms with E-state index in [-0.39, 0.29) is 5.91 Å². The third-order valence-electron chi connectivity index (χ3n) is 3.12. The van der Waals surface area contributed by atoms with Crippen molar-refractivity contribution in [2.24, 2.45) is 0 Å². The van der Waals surface area contributed by atoms with E-state index in [1.54, 1.807) is 25.3 Å². The standard InChI is InChI=1S/C18H21NO4/c1-3-22-14-7-6-8-15(13-14)23-12-11-19-18(20)16-9-4-5-10-17(16)21-2/h4-10,13H,3,11-12H2,1-2H3,(H,19,20). The van der Waals surface area contributed by atoms with E-state index in [1.165, 1.54) is 0 Å². The van der Waals surface area contributed by atoms with Gasteiger partial charge in [0.25, 0.3) is 5.91 Å². The smallest absolute Gasteiger partial charge is 0.255 e. The van der Waals surface area contributed by atoms with Crippen molar-refractivity contribution in [3.63, 3.8) is 0 Å². The largest absolute Gasteiger partial charge is 0.496 e. The number of amides is 1. The van der Waals surface area contributed by atoms with Gasteiger partial charge in [0.1, 0.15) is 23.9 Å². The fourth-order valence-corrected chi connectivity index (χ4v) is 2.08. The highest BCUT2D eigenvalue weighted by molar-refractivity contribution is 5.96. The van der Waals surface area contributed by atoms with Gasteiger partial charge in [-0.05, 0) is 31.2 Å². The zero-order valence-electron chi connectivity index (χ0n) is 13.4. The Balaban J connectivity index is 1.81. The van der Waals surface area contributed by atoms with E-state index < -0.39 is 0 Å². The average molecular weight is 315 g/mol. The van der Waals surface area contributed by atoms with Crippen molar-refractivity contribution >= 4 is 5.91 Å². The maximum Gasteiger partial charge on any atom is 0.255 e. The lowest BCUT2D eigenvalue weighted by molar-refractivity contribution is 0.0944. The molecule has 1 amide bonds. The lowest BCUT2D eigenvalue weighted by Gasteiger charge is -2.11. The van der Waals surface area contributed by atoms with Crippen LogP contribution in [-0.4, -0.2) is 32.8 Å². The maximum atomic E-state index is 12.1. The van der Waals surface area contributed by atoms with E-state index in [0.29, 0.717) is 36.8 Å². The van der Waals surface area contributed by atoms with Crippen LogP contribution in [0.15, 0.2) is 48.5 Å². The third kappa shape index (κ3) is 4.92. The van der Waals surface area contributed by atoms with Crippen molar-refractivity contribution in [3.8, 4) is 17.2 Å². The van der Waals surface area contributed by atoms with Gasteiger partial charge in [-0.25, -0.2) is 0 Å². The molecule has 0 saturated carbocycles. The fraction of sp³-hybridized carbons (Fsp3) is 0.278. The van der Waals surface area contributed by atoms with Crippen LogP contribution >= 0.6 is 0 Å². The maximum absolute atomic E-state index is 12.1. The Labute approximate surface area is 136 Å². The van der Waals surface area contributed by atoms with Crippen LogP contribution in [0.5, 0.6) is 17.2 Å². The number of nitrogens with one attached hydrogen (secondary N) is 1. The predicted molar refractivity (Wildman–Crippen MR) is 88.4 cm³/mol. The zero-order chi connectivity index (χ0) is 16.5. The van der Waals surface area contributed by atoms with Crippen molar-refractivity contribution in [2.75, 3.05) is 26.9 Å². The third-order valence-corrected chi connectivity index (χ3v) is 3.12. The van der Waals surface area contributed by atoms with Crippen molar-refractivity contribution in [1.82, 2.24) is 5.32 Å². The molecule has 0 radical (unpaired) electrons. The van der Waals surface area contributed by atoms with Gasteiger partial charge in [-0.2, -0.15) is 0 Å². The zero-order valence-corrected chi connectivity index (χ0v) is 13.4. The molecule has 0 aliphatic carbocycles. The molecule has 2 aromatic carbocycles. The highest BCUT2D eigenvalue weighted by atomic mass is 16.5. The van der Waals surface area contributed by atoms with Crippen LogP contribution in [0.25, 0.3) is 0 Å². The summed E-state index contributed by atoms with van der Waals surface area (Å²) in [5.74, 6) is 1.84. The van der Waals surface area contributed by atoms with E-state index in [9.17, 15) is 4.79 Å². The van der Waals surface area contributed by atoms with Gasteiger partial charge >= 0.3 is 0 Å². The van der Waals surface area contributed by atoms with Crippen LogP contribution < -0.4 is 19.5 Å². The van der Waals surface area contributed by atoms with E-state index in [2.05, 4.69) is 5.32 Å². The molecule has 0 heterocycles. The first-order chi connectivity index (χ1) is 11.2. The molecule has 0 atom stereocenters. The SMILES string of the molecule is CCOc1cccc(OCCNC(=O)c2ccccc2OC)c1. The van der Waals surface area contributed by atoms with Crippen molar-refractivity contribution in [3.05, 3.63) is 54.1 Å². The molecule has 2 rings (SSSR count). The summed E-state index contributed by atoms with van der Waals surface area (Å²) in [4.78, 5) is 12.1. The van der Waals surface area contributed by atoms with E-state index in [4.69, 9.17) is 14.2 Å². The first kappa shape index (κ1) is 16.7. The second kappa shape index (κ2) is 8.68. The van der Waals surface area contributed by atoms with Gasteiger partial charge in [0.2, 0.25) is 0 Å². The van der Waals surface area contributed by atoms with Gasteiger partial charge in [0.05, 0.1) is 25.8 Å². The second-order valence-corrected chi connectivity index (χ2v) is 4.71. The number of methoxy groups -OCH3 is 1. The van der Waals surface area contributed by atoms with Crippen LogP contribution in [0.3, 0.4) is 0 Å². The molecule has 1 N–H and O–H groups in total. The summed E-state index contributed by atoms with van der Waals surface area (Å²) >= 11 is 0.